The summed E-state index contributed by atoms with van der Waals surface area (Å²) in [5.41, 5.74) is 2.00. The Morgan fingerprint density at radius 3 is 2.47 bits per heavy atom. The molecular formula is C52H60FN9O12. The van der Waals surface area contributed by atoms with Crippen molar-refractivity contribution in [3.8, 4) is 11.4 Å². The van der Waals surface area contributed by atoms with Crippen LogP contribution in [0.2, 0.25) is 0 Å². The maximum Gasteiger partial charge on any atom is 0.343 e. The first-order chi connectivity index (χ1) is 35.6. The van der Waals surface area contributed by atoms with Gasteiger partial charge in [0, 0.05) is 48.2 Å². The van der Waals surface area contributed by atoms with Gasteiger partial charge in [-0.3, -0.25) is 38.9 Å². The van der Waals surface area contributed by atoms with Crippen LogP contribution in [0.15, 0.2) is 59.4 Å². The zero-order valence-electron chi connectivity index (χ0n) is 41.1. The summed E-state index contributed by atoms with van der Waals surface area (Å²) in [6.07, 6.45) is 5.12. The smallest absolute Gasteiger partial charge is 0.343 e. The van der Waals surface area contributed by atoms with Crippen molar-refractivity contribution >= 4 is 52.3 Å². The van der Waals surface area contributed by atoms with Gasteiger partial charge >= 0.3 is 5.97 Å². The van der Waals surface area contributed by atoms with Crippen molar-refractivity contribution < 1.29 is 57.6 Å². The molecule has 1 unspecified atom stereocenters. The highest BCUT2D eigenvalue weighted by molar-refractivity contribution is 5.94. The molecule has 6 amide bonds. The lowest BCUT2D eigenvalue weighted by atomic mass is 9.81. The number of cyclic esters (lactones) is 1. The number of benzene rings is 2. The highest BCUT2D eigenvalue weighted by Gasteiger charge is 2.46. The number of halogens is 1. The minimum Gasteiger partial charge on any atom is -0.458 e. The third-order valence-electron chi connectivity index (χ3n) is 13.9. The molecule has 0 saturated carbocycles. The normalized spacial score (nSPS) is 18.0. The van der Waals surface area contributed by atoms with Gasteiger partial charge in [0.25, 0.3) is 5.56 Å². The minimum atomic E-state index is -2.05. The molecule has 0 radical (unpaired) electrons. The fourth-order valence-electron chi connectivity index (χ4n) is 9.91. The van der Waals surface area contributed by atoms with E-state index in [2.05, 4.69) is 31.9 Å². The zero-order valence-corrected chi connectivity index (χ0v) is 41.1. The molecule has 21 nitrogen and oxygen atoms in total. The van der Waals surface area contributed by atoms with E-state index in [0.29, 0.717) is 71.3 Å². The van der Waals surface area contributed by atoms with Crippen molar-refractivity contribution in [2.45, 2.75) is 102 Å². The van der Waals surface area contributed by atoms with Crippen LogP contribution in [-0.4, -0.2) is 124 Å². The van der Waals surface area contributed by atoms with Gasteiger partial charge in [-0.25, -0.2) is 14.2 Å². The maximum absolute atomic E-state index is 15.4. The van der Waals surface area contributed by atoms with Gasteiger partial charge in [-0.05, 0) is 73.8 Å². The molecule has 5 heterocycles. The average Bonchev–Trinajstić information content (AvgIpc) is 3.99. The van der Waals surface area contributed by atoms with Crippen LogP contribution in [0.1, 0.15) is 90.4 Å². The van der Waals surface area contributed by atoms with Crippen molar-refractivity contribution in [1.82, 2.24) is 46.4 Å². The Morgan fingerprint density at radius 1 is 0.946 bits per heavy atom. The number of fused-ring (bicyclic) bond motifs is 5. The number of carbonyl (C=O) groups excluding carboxylic acids is 7. The molecule has 0 bridgehead atoms. The van der Waals surface area contributed by atoms with Crippen LogP contribution >= 0.6 is 0 Å². The molecule has 2 aromatic heterocycles. The number of pyridine rings is 2. The lowest BCUT2D eigenvalue weighted by Gasteiger charge is -2.31. The second kappa shape index (κ2) is 23.2. The van der Waals surface area contributed by atoms with Crippen molar-refractivity contribution in [3.05, 3.63) is 110 Å². The quantitative estimate of drug-likeness (QED) is 0.0252. The Bertz CT molecular complexity index is 2970. The number of hydrogen-bond donors (Lipinski definition) is 8. The number of aryl methyl sites for hydroxylation is 1. The Hall–Kier alpha value is -7.40. The zero-order chi connectivity index (χ0) is 52.7. The molecule has 0 spiro atoms. The van der Waals surface area contributed by atoms with Gasteiger partial charge in [-0.1, -0.05) is 49.8 Å². The predicted octanol–water partition coefficient (Wildman–Crippen LogP) is 0.548. The second-order valence-corrected chi connectivity index (χ2v) is 18.8. The topological polar surface area (TPSA) is 289 Å². The van der Waals surface area contributed by atoms with Gasteiger partial charge in [0.2, 0.25) is 35.4 Å². The second-order valence-electron chi connectivity index (χ2n) is 18.8. The number of hydrogen-bond acceptors (Lipinski definition) is 14. The van der Waals surface area contributed by atoms with Gasteiger partial charge in [-0.2, -0.15) is 0 Å². The van der Waals surface area contributed by atoms with E-state index < -0.39 is 84.8 Å². The Kier molecular flexibility index (Phi) is 16.6. The number of amides is 6. The predicted molar refractivity (Wildman–Crippen MR) is 264 cm³/mol. The van der Waals surface area contributed by atoms with Crippen LogP contribution in [0.3, 0.4) is 0 Å². The third-order valence-corrected chi connectivity index (χ3v) is 13.9. The van der Waals surface area contributed by atoms with Gasteiger partial charge in [0.1, 0.15) is 32.0 Å². The number of ether oxygens (including phenoxy) is 2. The molecule has 4 aromatic rings. The Labute approximate surface area is 424 Å². The molecule has 0 fully saturated rings. The lowest BCUT2D eigenvalue weighted by molar-refractivity contribution is -0.172. The summed E-state index contributed by atoms with van der Waals surface area (Å²) in [6, 6.07) is 10.2. The number of aromatic nitrogens is 2. The highest BCUT2D eigenvalue weighted by Crippen LogP contribution is 2.46. The van der Waals surface area contributed by atoms with E-state index in [-0.39, 0.29) is 68.4 Å². The van der Waals surface area contributed by atoms with Gasteiger partial charge in [-0.15, -0.1) is 0 Å². The van der Waals surface area contributed by atoms with E-state index in [4.69, 9.17) is 14.5 Å². The third kappa shape index (κ3) is 11.7. The molecule has 22 heteroatoms. The molecule has 392 valence electrons. The number of aliphatic hydroxyl groups is 2. The molecule has 1 aliphatic carbocycles. The van der Waals surface area contributed by atoms with Crippen LogP contribution in [0.4, 0.5) is 4.39 Å². The van der Waals surface area contributed by atoms with E-state index in [1.165, 1.54) is 10.6 Å². The lowest BCUT2D eigenvalue weighted by Crippen LogP contribution is -2.54. The van der Waals surface area contributed by atoms with E-state index in [9.17, 15) is 48.6 Å². The SMILES string of the molecule is CC[C@@]1(O)C(=O)OCc2c1cc1n(c2=O)Cc2c-1nc1cc(F)c(C)c3c1c2[C@@H](NC(=O)COCNC(=O)CNC(=O)[C@H](Cc1ccccc1)NC(O)CNC(=O)CNC(=O)CCCCCN1CC=CC1=O)CC3. The van der Waals surface area contributed by atoms with E-state index in [1.807, 2.05) is 0 Å². The summed E-state index contributed by atoms with van der Waals surface area (Å²) in [6.45, 7) is 2.28. The molecule has 4 atom stereocenters. The summed E-state index contributed by atoms with van der Waals surface area (Å²) in [5, 5.41) is 38.6. The highest BCUT2D eigenvalue weighted by atomic mass is 19.1. The number of nitrogens with one attached hydrogen (secondary N) is 6. The van der Waals surface area contributed by atoms with Crippen molar-refractivity contribution in [2.75, 3.05) is 46.1 Å². The first kappa shape index (κ1) is 52.9. The standard InChI is InChI=1S/C52H60FN9O12/c1-3-52(72)34-20-39-48-32(25-62(39)50(70)33(34)26-74-51(52)71)47-36(16-15-31-29(2)35(53)21-37(60-48)46(31)47)58-44(67)27-73-28-57-42(65)23-56-49(69)38(19-30-11-6-4-7-12-30)59-43(66)24-55-41(64)22-54-40(63)13-8-5-9-17-61-18-10-14-45(61)68/h4,6-7,10-12,14,20-21,36,38,43,59,66,72H,3,5,8-9,13,15-19,22-28H2,1-2H3,(H,54,63)(H,55,64)(H,56,69)(H,57,65)(H,58,67)/t36-,38-,43?,52-/m0/s1. The molecule has 4 aliphatic rings. The van der Waals surface area contributed by atoms with Crippen LogP contribution in [0, 0.1) is 12.7 Å². The number of rotatable bonds is 23. The van der Waals surface area contributed by atoms with Gasteiger partial charge < -0.3 is 55.7 Å². The molecule has 8 rings (SSSR count). The maximum atomic E-state index is 15.4. The summed E-state index contributed by atoms with van der Waals surface area (Å²) in [7, 11) is 0. The fourth-order valence-corrected chi connectivity index (χ4v) is 9.91. The minimum absolute atomic E-state index is 0.0138. The van der Waals surface area contributed by atoms with Crippen molar-refractivity contribution in [3.63, 3.8) is 0 Å². The number of nitrogens with zero attached hydrogens (tertiary/aromatic N) is 3. The van der Waals surface area contributed by atoms with Gasteiger partial charge in [0.05, 0.1) is 60.7 Å². The van der Waals surface area contributed by atoms with E-state index in [0.717, 1.165) is 24.0 Å². The molecule has 74 heavy (non-hydrogen) atoms. The van der Waals surface area contributed by atoms with Crippen molar-refractivity contribution in [1.29, 1.82) is 0 Å². The van der Waals surface area contributed by atoms with Gasteiger partial charge in [0.15, 0.2) is 5.60 Å². The monoisotopic (exact) mass is 1020 g/mol. The molecule has 3 aliphatic heterocycles. The number of carbonyl (C=O) groups is 7. The number of aliphatic hydroxyl groups excluding tert-OH is 1. The number of esters is 1. The Balaban J connectivity index is 0.808. The summed E-state index contributed by atoms with van der Waals surface area (Å²) >= 11 is 0. The van der Waals surface area contributed by atoms with Crippen LogP contribution < -0.4 is 37.5 Å². The first-order valence-corrected chi connectivity index (χ1v) is 24.8. The molecular weight excluding hydrogens is 962 g/mol. The fraction of sp³-hybridized carbons (Fsp3) is 0.442. The average molecular weight is 1020 g/mol. The number of unbranched alkanes of at least 4 members (excludes halogenated alkanes) is 2. The van der Waals surface area contributed by atoms with Crippen LogP contribution in [0.25, 0.3) is 22.3 Å². The Morgan fingerprint density at radius 2 is 1.72 bits per heavy atom. The van der Waals surface area contributed by atoms with E-state index >= 15 is 4.39 Å². The van der Waals surface area contributed by atoms with Crippen molar-refractivity contribution in [2.24, 2.45) is 0 Å². The van der Waals surface area contributed by atoms with Crippen LogP contribution in [0.5, 0.6) is 0 Å². The van der Waals surface area contributed by atoms with E-state index in [1.54, 1.807) is 67.3 Å². The summed E-state index contributed by atoms with van der Waals surface area (Å²) in [5.74, 6) is -4.01. The first-order valence-electron chi connectivity index (χ1n) is 24.8. The molecule has 0 saturated heterocycles. The molecule has 2 aromatic carbocycles. The molecule has 8 N–H and O–H groups in total. The summed E-state index contributed by atoms with van der Waals surface area (Å²) < 4.78 is 27.6. The summed E-state index contributed by atoms with van der Waals surface area (Å²) in [4.78, 5) is 109. The van der Waals surface area contributed by atoms with Crippen LogP contribution in [-0.2, 0) is 74.6 Å². The largest absolute Gasteiger partial charge is 0.458 e.